The van der Waals surface area contributed by atoms with Crippen molar-refractivity contribution in [1.82, 2.24) is 10.2 Å². The Morgan fingerprint density at radius 3 is 2.59 bits per heavy atom. The molecule has 7 heteroatoms. The van der Waals surface area contributed by atoms with Crippen LogP contribution in [0.15, 0.2) is 42.5 Å². The predicted molar refractivity (Wildman–Crippen MR) is 129 cm³/mol. The van der Waals surface area contributed by atoms with E-state index < -0.39 is 6.04 Å². The van der Waals surface area contributed by atoms with Crippen LogP contribution in [0.1, 0.15) is 50.2 Å². The molecule has 1 unspecified atom stereocenters. The molecule has 2 aromatic rings. The van der Waals surface area contributed by atoms with Crippen LogP contribution in [0.25, 0.3) is 0 Å². The summed E-state index contributed by atoms with van der Waals surface area (Å²) in [4.78, 5) is 28.1. The first kappa shape index (κ1) is 23.9. The van der Waals surface area contributed by atoms with E-state index in [0.717, 1.165) is 48.3 Å². The molecular weight excluding hydrogens is 432 g/mol. The van der Waals surface area contributed by atoms with Crippen LogP contribution < -0.4 is 19.5 Å². The highest BCUT2D eigenvalue weighted by Crippen LogP contribution is 2.31. The topological polar surface area (TPSA) is 77.1 Å². The summed E-state index contributed by atoms with van der Waals surface area (Å²) in [5, 5.41) is 3.14. The zero-order valence-electron chi connectivity index (χ0n) is 20.0. The van der Waals surface area contributed by atoms with Crippen LogP contribution in [0.2, 0.25) is 0 Å². The van der Waals surface area contributed by atoms with Crippen molar-refractivity contribution in [2.24, 2.45) is 0 Å². The minimum absolute atomic E-state index is 0.0632. The molecule has 1 atom stereocenters. The maximum atomic E-state index is 13.4. The second-order valence-electron chi connectivity index (χ2n) is 9.02. The molecular formula is C27H34N2O5. The minimum atomic E-state index is -0.570. The lowest BCUT2D eigenvalue weighted by molar-refractivity contribution is -0.140. The summed E-state index contributed by atoms with van der Waals surface area (Å²) in [6.07, 6.45) is 5.15. The molecule has 182 valence electrons. The summed E-state index contributed by atoms with van der Waals surface area (Å²) >= 11 is 0. The Labute approximate surface area is 201 Å². The summed E-state index contributed by atoms with van der Waals surface area (Å²) in [5.41, 5.74) is 1.93. The molecule has 4 rings (SSSR count). The highest BCUT2D eigenvalue weighted by molar-refractivity contribution is 5.87. The SMILES string of the molecule is COc1cccc(CN(C(=O)CCc2ccc3c(c2)OCCO3)C(C)C(=O)NC2CCCC2)c1. The molecule has 34 heavy (non-hydrogen) atoms. The number of fused-ring (bicyclic) bond motifs is 1. The van der Waals surface area contributed by atoms with Gasteiger partial charge in [-0.2, -0.15) is 0 Å². The number of amides is 2. The van der Waals surface area contributed by atoms with Crippen LogP contribution in [0.5, 0.6) is 17.2 Å². The van der Waals surface area contributed by atoms with Crippen LogP contribution in [-0.2, 0) is 22.6 Å². The smallest absolute Gasteiger partial charge is 0.242 e. The Bertz CT molecular complexity index is 1000. The first-order valence-electron chi connectivity index (χ1n) is 12.1. The number of nitrogens with zero attached hydrogens (tertiary/aromatic N) is 1. The van der Waals surface area contributed by atoms with E-state index in [2.05, 4.69) is 5.32 Å². The molecule has 0 aromatic heterocycles. The molecule has 1 saturated carbocycles. The number of rotatable bonds is 9. The minimum Gasteiger partial charge on any atom is -0.497 e. The van der Waals surface area contributed by atoms with E-state index in [4.69, 9.17) is 14.2 Å². The molecule has 2 aromatic carbocycles. The second-order valence-corrected chi connectivity index (χ2v) is 9.02. The van der Waals surface area contributed by atoms with Crippen molar-refractivity contribution in [3.63, 3.8) is 0 Å². The monoisotopic (exact) mass is 466 g/mol. The third-order valence-corrected chi connectivity index (χ3v) is 6.59. The zero-order valence-corrected chi connectivity index (χ0v) is 20.0. The standard InChI is InChI=1S/C27H34N2O5/c1-19(27(31)28-22-7-3-4-8-22)29(18-21-6-5-9-23(16-21)32-2)26(30)13-11-20-10-12-24-25(17-20)34-15-14-33-24/h5-6,9-10,12,16-17,19,22H,3-4,7-8,11,13-15,18H2,1-2H3,(H,28,31). The highest BCUT2D eigenvalue weighted by atomic mass is 16.6. The number of benzene rings is 2. The summed E-state index contributed by atoms with van der Waals surface area (Å²) in [7, 11) is 1.62. The number of aryl methyl sites for hydroxylation is 1. The van der Waals surface area contributed by atoms with Crippen molar-refractivity contribution in [1.29, 1.82) is 0 Å². The van der Waals surface area contributed by atoms with Gasteiger partial charge in [0.25, 0.3) is 0 Å². The molecule has 1 heterocycles. The van der Waals surface area contributed by atoms with Gasteiger partial charge < -0.3 is 24.4 Å². The van der Waals surface area contributed by atoms with Crippen molar-refractivity contribution in [3.05, 3.63) is 53.6 Å². The number of nitrogens with one attached hydrogen (secondary N) is 1. The quantitative estimate of drug-likeness (QED) is 0.607. The lowest BCUT2D eigenvalue weighted by Crippen LogP contribution is -2.49. The lowest BCUT2D eigenvalue weighted by atomic mass is 10.1. The van der Waals surface area contributed by atoms with Gasteiger partial charge in [-0.15, -0.1) is 0 Å². The Morgan fingerprint density at radius 2 is 1.82 bits per heavy atom. The molecule has 0 saturated heterocycles. The summed E-state index contributed by atoms with van der Waals surface area (Å²) in [6, 6.07) is 13.0. The molecule has 1 aliphatic heterocycles. The van der Waals surface area contributed by atoms with Gasteiger partial charge in [0.2, 0.25) is 11.8 Å². The first-order chi connectivity index (χ1) is 16.5. The zero-order chi connectivity index (χ0) is 23.9. The summed E-state index contributed by atoms with van der Waals surface area (Å²) < 4.78 is 16.6. The number of carbonyl (C=O) groups excluding carboxylic acids is 2. The summed E-state index contributed by atoms with van der Waals surface area (Å²) in [5.74, 6) is 2.02. The predicted octanol–water partition coefficient (Wildman–Crippen LogP) is 3.88. The van der Waals surface area contributed by atoms with Gasteiger partial charge in [0.05, 0.1) is 7.11 Å². The van der Waals surface area contributed by atoms with Gasteiger partial charge in [0.15, 0.2) is 11.5 Å². The van der Waals surface area contributed by atoms with Crippen LogP contribution in [0.3, 0.4) is 0 Å². The van der Waals surface area contributed by atoms with Gasteiger partial charge in [-0.1, -0.05) is 31.0 Å². The van der Waals surface area contributed by atoms with E-state index >= 15 is 0 Å². The molecule has 1 fully saturated rings. The molecule has 1 N–H and O–H groups in total. The van der Waals surface area contributed by atoms with Gasteiger partial charge in [-0.3, -0.25) is 9.59 Å². The maximum absolute atomic E-state index is 13.4. The van der Waals surface area contributed by atoms with E-state index in [-0.39, 0.29) is 17.9 Å². The first-order valence-corrected chi connectivity index (χ1v) is 12.1. The van der Waals surface area contributed by atoms with Crippen LogP contribution in [0, 0.1) is 0 Å². The average Bonchev–Trinajstić information content (AvgIpc) is 3.38. The Morgan fingerprint density at radius 1 is 1.06 bits per heavy atom. The van der Waals surface area contributed by atoms with Crippen molar-refractivity contribution in [2.45, 2.75) is 64.1 Å². The van der Waals surface area contributed by atoms with Crippen molar-refractivity contribution >= 4 is 11.8 Å². The number of hydrogen-bond acceptors (Lipinski definition) is 5. The number of hydrogen-bond donors (Lipinski definition) is 1. The molecule has 2 amide bonds. The van der Waals surface area contributed by atoms with Crippen molar-refractivity contribution in [3.8, 4) is 17.2 Å². The van der Waals surface area contributed by atoms with Gasteiger partial charge in [0.1, 0.15) is 25.0 Å². The number of ether oxygens (including phenoxy) is 3. The Kier molecular flexibility index (Phi) is 7.93. The molecule has 7 nitrogen and oxygen atoms in total. The van der Waals surface area contributed by atoms with E-state index in [0.29, 0.717) is 38.3 Å². The van der Waals surface area contributed by atoms with E-state index in [9.17, 15) is 9.59 Å². The van der Waals surface area contributed by atoms with Gasteiger partial charge in [0, 0.05) is 19.0 Å². The van der Waals surface area contributed by atoms with E-state index in [1.165, 1.54) is 0 Å². The summed E-state index contributed by atoms with van der Waals surface area (Å²) in [6.45, 7) is 3.23. The van der Waals surface area contributed by atoms with Gasteiger partial charge >= 0.3 is 0 Å². The van der Waals surface area contributed by atoms with Crippen molar-refractivity contribution < 1.29 is 23.8 Å². The highest BCUT2D eigenvalue weighted by Gasteiger charge is 2.28. The van der Waals surface area contributed by atoms with E-state index in [1.807, 2.05) is 49.4 Å². The molecule has 1 aliphatic carbocycles. The van der Waals surface area contributed by atoms with Crippen LogP contribution in [0.4, 0.5) is 0 Å². The third kappa shape index (κ3) is 6.01. The average molecular weight is 467 g/mol. The van der Waals surface area contributed by atoms with Crippen LogP contribution >= 0.6 is 0 Å². The molecule has 0 spiro atoms. The number of carbonyl (C=O) groups is 2. The Hall–Kier alpha value is -3.22. The van der Waals surface area contributed by atoms with E-state index in [1.54, 1.807) is 12.0 Å². The van der Waals surface area contributed by atoms with Gasteiger partial charge in [-0.05, 0) is 61.6 Å². The molecule has 0 radical (unpaired) electrons. The fourth-order valence-corrected chi connectivity index (χ4v) is 4.58. The van der Waals surface area contributed by atoms with Crippen LogP contribution in [-0.4, -0.2) is 49.1 Å². The van der Waals surface area contributed by atoms with Gasteiger partial charge in [-0.25, -0.2) is 0 Å². The Balaban J connectivity index is 1.46. The number of methoxy groups -OCH3 is 1. The normalized spacial score (nSPS) is 16.1. The molecule has 0 bridgehead atoms. The third-order valence-electron chi connectivity index (χ3n) is 6.59. The fraction of sp³-hybridized carbons (Fsp3) is 0.481. The fourth-order valence-electron chi connectivity index (χ4n) is 4.58. The lowest BCUT2D eigenvalue weighted by Gasteiger charge is -2.30. The second kappa shape index (κ2) is 11.3. The maximum Gasteiger partial charge on any atom is 0.242 e. The molecule has 2 aliphatic rings. The largest absolute Gasteiger partial charge is 0.497 e. The van der Waals surface area contributed by atoms with Crippen molar-refractivity contribution in [2.75, 3.05) is 20.3 Å².